The fourth-order valence-electron chi connectivity index (χ4n) is 1.39. The van der Waals surface area contributed by atoms with Crippen molar-refractivity contribution in [2.45, 2.75) is 6.92 Å². The molecule has 0 fully saturated rings. The highest BCUT2D eigenvalue weighted by atomic mass is 79.9. The third-order valence-corrected chi connectivity index (χ3v) is 2.79. The van der Waals surface area contributed by atoms with Crippen LogP contribution in [0, 0.1) is 6.92 Å². The van der Waals surface area contributed by atoms with Crippen LogP contribution in [-0.4, -0.2) is 10.9 Å². The molecule has 0 bridgehead atoms. The van der Waals surface area contributed by atoms with Crippen LogP contribution in [0.25, 0.3) is 0 Å². The first-order valence-electron chi connectivity index (χ1n) is 5.15. The van der Waals surface area contributed by atoms with Gasteiger partial charge >= 0.3 is 0 Å². The summed E-state index contributed by atoms with van der Waals surface area (Å²) in [6.45, 7) is 1.96. The molecule has 0 spiro atoms. The minimum absolute atomic E-state index is 0.157. The highest BCUT2D eigenvalue weighted by Crippen LogP contribution is 2.12. The van der Waals surface area contributed by atoms with Gasteiger partial charge in [0.05, 0.1) is 0 Å². The summed E-state index contributed by atoms with van der Waals surface area (Å²) in [5.41, 5.74) is 1.67. The van der Waals surface area contributed by atoms with E-state index in [1.165, 1.54) is 0 Å². The van der Waals surface area contributed by atoms with E-state index in [1.54, 1.807) is 18.3 Å². The third-order valence-electron chi connectivity index (χ3n) is 2.26. The van der Waals surface area contributed by atoms with Crippen molar-refractivity contribution < 1.29 is 4.79 Å². The second kappa shape index (κ2) is 5.10. The van der Waals surface area contributed by atoms with Gasteiger partial charge in [0.1, 0.15) is 5.82 Å². The molecule has 0 aliphatic rings. The number of halogens is 1. The lowest BCUT2D eigenvalue weighted by Gasteiger charge is -2.04. The van der Waals surface area contributed by atoms with Gasteiger partial charge in [-0.3, -0.25) is 4.79 Å². The van der Waals surface area contributed by atoms with Crippen molar-refractivity contribution >= 4 is 27.7 Å². The van der Waals surface area contributed by atoms with E-state index >= 15 is 0 Å². The van der Waals surface area contributed by atoms with E-state index in [0.29, 0.717) is 11.4 Å². The molecule has 1 amide bonds. The Balaban J connectivity index is 2.14. The van der Waals surface area contributed by atoms with Gasteiger partial charge in [-0.2, -0.15) is 0 Å². The molecule has 4 heteroatoms. The largest absolute Gasteiger partial charge is 0.307 e. The minimum Gasteiger partial charge on any atom is -0.307 e. The van der Waals surface area contributed by atoms with Crippen molar-refractivity contribution in [2.75, 3.05) is 5.32 Å². The van der Waals surface area contributed by atoms with E-state index in [0.717, 1.165) is 10.0 Å². The Morgan fingerprint density at radius 2 is 1.94 bits per heavy atom. The predicted molar refractivity (Wildman–Crippen MR) is 71.1 cm³/mol. The molecular formula is C13H11BrN2O. The molecule has 1 heterocycles. The number of aromatic nitrogens is 1. The Morgan fingerprint density at radius 1 is 1.24 bits per heavy atom. The van der Waals surface area contributed by atoms with Crippen molar-refractivity contribution in [1.29, 1.82) is 0 Å². The summed E-state index contributed by atoms with van der Waals surface area (Å²) < 4.78 is 0.947. The molecule has 0 saturated carbocycles. The Labute approximate surface area is 108 Å². The number of nitrogens with one attached hydrogen (secondary N) is 1. The van der Waals surface area contributed by atoms with Crippen molar-refractivity contribution in [3.63, 3.8) is 0 Å². The minimum atomic E-state index is -0.157. The Hall–Kier alpha value is -1.68. The lowest BCUT2D eigenvalue weighted by Crippen LogP contribution is -2.12. The summed E-state index contributed by atoms with van der Waals surface area (Å²) in [6, 6.07) is 10.9. The lowest BCUT2D eigenvalue weighted by atomic mass is 10.2. The van der Waals surface area contributed by atoms with Gasteiger partial charge < -0.3 is 5.32 Å². The van der Waals surface area contributed by atoms with Gasteiger partial charge in [0.25, 0.3) is 5.91 Å². The number of carbonyl (C=O) groups is 1. The lowest BCUT2D eigenvalue weighted by molar-refractivity contribution is 0.102. The molecule has 2 rings (SSSR count). The molecule has 0 radical (unpaired) electrons. The van der Waals surface area contributed by atoms with Gasteiger partial charge in [0.15, 0.2) is 0 Å². The number of pyridine rings is 1. The average molecular weight is 291 g/mol. The molecule has 17 heavy (non-hydrogen) atoms. The maximum Gasteiger partial charge on any atom is 0.256 e. The van der Waals surface area contributed by atoms with Gasteiger partial charge in [-0.15, -0.1) is 0 Å². The van der Waals surface area contributed by atoms with Gasteiger partial charge in [-0.1, -0.05) is 15.9 Å². The molecule has 0 atom stereocenters. The normalized spacial score (nSPS) is 10.0. The van der Waals surface area contributed by atoms with Crippen LogP contribution in [0.5, 0.6) is 0 Å². The SMILES string of the molecule is Cc1ccnc(NC(=O)c2ccc(Br)cc2)c1. The van der Waals surface area contributed by atoms with Crippen LogP contribution >= 0.6 is 15.9 Å². The zero-order valence-electron chi connectivity index (χ0n) is 9.27. The molecule has 1 aromatic heterocycles. The maximum atomic E-state index is 11.9. The molecule has 3 nitrogen and oxygen atoms in total. The molecule has 1 N–H and O–H groups in total. The van der Waals surface area contributed by atoms with Crippen molar-refractivity contribution in [1.82, 2.24) is 4.98 Å². The van der Waals surface area contributed by atoms with Crippen molar-refractivity contribution in [3.8, 4) is 0 Å². The van der Waals surface area contributed by atoms with E-state index in [1.807, 2.05) is 31.2 Å². The molecule has 86 valence electrons. The van der Waals surface area contributed by atoms with Crippen molar-refractivity contribution in [3.05, 3.63) is 58.2 Å². The summed E-state index contributed by atoms with van der Waals surface area (Å²) in [7, 11) is 0. The maximum absolute atomic E-state index is 11.9. The molecule has 2 aromatic rings. The molecule has 0 aliphatic carbocycles. The van der Waals surface area contributed by atoms with E-state index in [2.05, 4.69) is 26.2 Å². The van der Waals surface area contributed by atoms with E-state index in [4.69, 9.17) is 0 Å². The topological polar surface area (TPSA) is 42.0 Å². The van der Waals surface area contributed by atoms with E-state index in [9.17, 15) is 4.79 Å². The molecular weight excluding hydrogens is 280 g/mol. The second-order valence-electron chi connectivity index (χ2n) is 3.68. The Bertz CT molecular complexity index is 537. The van der Waals surface area contributed by atoms with E-state index < -0.39 is 0 Å². The summed E-state index contributed by atoms with van der Waals surface area (Å²) in [4.78, 5) is 16.0. The number of hydrogen-bond acceptors (Lipinski definition) is 2. The number of amides is 1. The number of nitrogens with zero attached hydrogens (tertiary/aromatic N) is 1. The van der Waals surface area contributed by atoms with Crippen LogP contribution in [0.15, 0.2) is 47.1 Å². The summed E-state index contributed by atoms with van der Waals surface area (Å²) in [5.74, 6) is 0.411. The highest BCUT2D eigenvalue weighted by molar-refractivity contribution is 9.10. The predicted octanol–water partition coefficient (Wildman–Crippen LogP) is 3.40. The Morgan fingerprint density at radius 3 is 2.59 bits per heavy atom. The summed E-state index contributed by atoms with van der Waals surface area (Å²) in [5, 5.41) is 2.75. The Kier molecular flexibility index (Phi) is 3.54. The van der Waals surface area contributed by atoms with Gasteiger partial charge in [0.2, 0.25) is 0 Å². The standard InChI is InChI=1S/C13H11BrN2O/c1-9-6-7-15-12(8-9)16-13(17)10-2-4-11(14)5-3-10/h2-8H,1H3,(H,15,16,17). The van der Waals surface area contributed by atoms with Crippen LogP contribution in [0.1, 0.15) is 15.9 Å². The molecule has 0 saturated heterocycles. The number of aryl methyl sites for hydroxylation is 1. The first-order valence-corrected chi connectivity index (χ1v) is 5.94. The van der Waals surface area contributed by atoms with Crippen molar-refractivity contribution in [2.24, 2.45) is 0 Å². The number of hydrogen-bond donors (Lipinski definition) is 1. The summed E-state index contributed by atoms with van der Waals surface area (Å²) in [6.07, 6.45) is 1.67. The van der Waals surface area contributed by atoms with Crippen LogP contribution in [0.3, 0.4) is 0 Å². The monoisotopic (exact) mass is 290 g/mol. The van der Waals surface area contributed by atoms with Crippen LogP contribution in [0.4, 0.5) is 5.82 Å². The zero-order valence-corrected chi connectivity index (χ0v) is 10.9. The molecule has 0 aliphatic heterocycles. The zero-order chi connectivity index (χ0) is 12.3. The number of rotatable bonds is 2. The van der Waals surface area contributed by atoms with Crippen LogP contribution in [0.2, 0.25) is 0 Å². The van der Waals surface area contributed by atoms with Crippen LogP contribution < -0.4 is 5.32 Å². The van der Waals surface area contributed by atoms with E-state index in [-0.39, 0.29) is 5.91 Å². The molecule has 0 unspecified atom stereocenters. The number of carbonyl (C=O) groups excluding carboxylic acids is 1. The average Bonchev–Trinajstić information content (AvgIpc) is 2.29. The van der Waals surface area contributed by atoms with Gasteiger partial charge in [-0.05, 0) is 48.9 Å². The van der Waals surface area contributed by atoms with Gasteiger partial charge in [-0.25, -0.2) is 4.98 Å². The number of anilines is 1. The second-order valence-corrected chi connectivity index (χ2v) is 4.60. The highest BCUT2D eigenvalue weighted by Gasteiger charge is 2.06. The fourth-order valence-corrected chi connectivity index (χ4v) is 1.66. The van der Waals surface area contributed by atoms with Crippen LogP contribution in [-0.2, 0) is 0 Å². The third kappa shape index (κ3) is 3.14. The van der Waals surface area contributed by atoms with Gasteiger partial charge in [0, 0.05) is 16.2 Å². The fraction of sp³-hybridized carbons (Fsp3) is 0.0769. The first kappa shape index (κ1) is 11.8. The first-order chi connectivity index (χ1) is 8.15. The summed E-state index contributed by atoms with van der Waals surface area (Å²) >= 11 is 3.33. The smallest absolute Gasteiger partial charge is 0.256 e. The quantitative estimate of drug-likeness (QED) is 0.921. The number of benzene rings is 1. The molecule has 1 aromatic carbocycles.